The van der Waals surface area contributed by atoms with Gasteiger partial charge in [-0.1, -0.05) is 66.0 Å². The van der Waals surface area contributed by atoms with Gasteiger partial charge in [-0.05, 0) is 11.6 Å². The second kappa shape index (κ2) is 5.28. The van der Waals surface area contributed by atoms with Gasteiger partial charge in [-0.15, -0.1) is 0 Å². The molecule has 76 valence electrons. The topological polar surface area (TPSA) is 37.3 Å². The first-order chi connectivity index (χ1) is 6.54. The number of carboxylic acids is 1. The molecule has 0 aliphatic rings. The van der Waals surface area contributed by atoms with Crippen molar-refractivity contribution < 1.29 is 9.90 Å². The molecule has 14 heavy (non-hydrogen) atoms. The summed E-state index contributed by atoms with van der Waals surface area (Å²) < 4.78 is 0.896. The smallest absolute Gasteiger partial charge is 0.318 e. The molecule has 0 saturated carbocycles. The highest BCUT2D eigenvalue weighted by atomic mass is 79.9. The van der Waals surface area contributed by atoms with Crippen LogP contribution in [0.25, 0.3) is 0 Å². The molecule has 0 saturated heterocycles. The fraction of sp³-hybridized carbons (Fsp3) is 0.222. The lowest BCUT2D eigenvalue weighted by Gasteiger charge is -2.14. The van der Waals surface area contributed by atoms with Crippen molar-refractivity contribution in [3.63, 3.8) is 0 Å². The Morgan fingerprint density at radius 3 is 2.36 bits per heavy atom. The first-order valence-electron chi connectivity index (χ1n) is 3.79. The van der Waals surface area contributed by atoms with Gasteiger partial charge in [0.1, 0.15) is 4.83 Å². The van der Waals surface area contributed by atoms with Crippen LogP contribution in [-0.4, -0.2) is 15.9 Å². The summed E-state index contributed by atoms with van der Waals surface area (Å²) in [5.41, 5.74) is 0.914. The lowest BCUT2D eigenvalue weighted by molar-refractivity contribution is -0.136. The Bertz CT molecular complexity index is 341. The molecule has 0 aromatic heterocycles. The molecule has 5 heteroatoms. The SMILES string of the molecule is O=C(O)C(Br)C(Br)c1ccccc1Br. The molecule has 2 nitrogen and oxygen atoms in total. The number of carboxylic acid groups (broad SMARTS) is 1. The van der Waals surface area contributed by atoms with E-state index in [4.69, 9.17) is 5.11 Å². The number of carbonyl (C=O) groups is 1. The summed E-state index contributed by atoms with van der Waals surface area (Å²) in [6, 6.07) is 7.51. The van der Waals surface area contributed by atoms with Crippen LogP contribution in [-0.2, 0) is 4.79 Å². The minimum absolute atomic E-state index is 0.254. The van der Waals surface area contributed by atoms with Gasteiger partial charge in [0.25, 0.3) is 0 Å². The number of hydrogen-bond acceptors (Lipinski definition) is 1. The Labute approximate surface area is 107 Å². The summed E-state index contributed by atoms with van der Waals surface area (Å²) in [4.78, 5) is 9.84. The highest BCUT2D eigenvalue weighted by Crippen LogP contribution is 2.35. The third-order valence-corrected chi connectivity index (χ3v) is 5.07. The Hall–Kier alpha value is 0.130. The maximum absolute atomic E-state index is 10.7. The molecule has 0 aliphatic heterocycles. The zero-order valence-corrected chi connectivity index (χ0v) is 11.7. The van der Waals surface area contributed by atoms with Crippen molar-refractivity contribution in [1.29, 1.82) is 0 Å². The lowest BCUT2D eigenvalue weighted by Crippen LogP contribution is -2.18. The minimum atomic E-state index is -0.886. The Morgan fingerprint density at radius 1 is 1.29 bits per heavy atom. The van der Waals surface area contributed by atoms with E-state index in [1.54, 1.807) is 0 Å². The maximum Gasteiger partial charge on any atom is 0.318 e. The minimum Gasteiger partial charge on any atom is -0.480 e. The quantitative estimate of drug-likeness (QED) is 0.804. The Balaban J connectivity index is 2.94. The van der Waals surface area contributed by atoms with Gasteiger partial charge in [0, 0.05) is 4.47 Å². The normalized spacial score (nSPS) is 14.8. The zero-order valence-electron chi connectivity index (χ0n) is 6.95. The molecule has 1 rings (SSSR count). The van der Waals surface area contributed by atoms with Crippen LogP contribution in [0.1, 0.15) is 10.4 Å². The molecule has 1 N–H and O–H groups in total. The predicted molar refractivity (Wildman–Crippen MR) is 66.2 cm³/mol. The molecule has 1 aromatic rings. The average Bonchev–Trinajstić information content (AvgIpc) is 2.16. The molecule has 1 aromatic carbocycles. The van der Waals surface area contributed by atoms with E-state index in [0.29, 0.717) is 0 Å². The fourth-order valence-corrected chi connectivity index (χ4v) is 2.73. The van der Waals surface area contributed by atoms with Crippen LogP contribution in [0.15, 0.2) is 28.7 Å². The lowest BCUT2D eigenvalue weighted by atomic mass is 10.1. The van der Waals surface area contributed by atoms with E-state index in [0.717, 1.165) is 10.0 Å². The highest BCUT2D eigenvalue weighted by molar-refractivity contribution is 9.12. The monoisotopic (exact) mass is 384 g/mol. The molecule has 0 bridgehead atoms. The fourth-order valence-electron chi connectivity index (χ4n) is 0.982. The van der Waals surface area contributed by atoms with Gasteiger partial charge >= 0.3 is 5.97 Å². The van der Waals surface area contributed by atoms with Crippen molar-refractivity contribution in [3.8, 4) is 0 Å². The number of halogens is 3. The molecule has 0 aliphatic carbocycles. The largest absolute Gasteiger partial charge is 0.480 e. The third-order valence-electron chi connectivity index (χ3n) is 1.70. The highest BCUT2D eigenvalue weighted by Gasteiger charge is 2.25. The zero-order chi connectivity index (χ0) is 10.7. The van der Waals surface area contributed by atoms with Crippen LogP contribution >= 0.6 is 47.8 Å². The number of aliphatic carboxylic acids is 1. The van der Waals surface area contributed by atoms with E-state index in [2.05, 4.69) is 47.8 Å². The first kappa shape index (κ1) is 12.2. The van der Waals surface area contributed by atoms with Crippen molar-refractivity contribution in [2.45, 2.75) is 9.65 Å². The van der Waals surface area contributed by atoms with E-state index in [9.17, 15) is 4.79 Å². The van der Waals surface area contributed by atoms with Crippen LogP contribution in [0, 0.1) is 0 Å². The van der Waals surface area contributed by atoms with Crippen molar-refractivity contribution in [2.75, 3.05) is 0 Å². The summed E-state index contributed by atoms with van der Waals surface area (Å²) in [5, 5.41) is 8.81. The summed E-state index contributed by atoms with van der Waals surface area (Å²) >= 11 is 9.83. The Kier molecular flexibility index (Phi) is 4.60. The van der Waals surface area contributed by atoms with E-state index < -0.39 is 10.8 Å². The van der Waals surface area contributed by atoms with Crippen LogP contribution < -0.4 is 0 Å². The Morgan fingerprint density at radius 2 is 1.86 bits per heavy atom. The molecular weight excluding hydrogens is 380 g/mol. The van der Waals surface area contributed by atoms with Gasteiger partial charge in [-0.2, -0.15) is 0 Å². The maximum atomic E-state index is 10.7. The summed E-state index contributed by atoms with van der Waals surface area (Å²) in [6.07, 6.45) is 0. The van der Waals surface area contributed by atoms with Gasteiger partial charge in [0.2, 0.25) is 0 Å². The van der Waals surface area contributed by atoms with Crippen LogP contribution in [0.3, 0.4) is 0 Å². The van der Waals surface area contributed by atoms with Gasteiger partial charge in [-0.25, -0.2) is 0 Å². The molecule has 0 amide bonds. The molecule has 2 atom stereocenters. The number of hydrogen-bond donors (Lipinski definition) is 1. The van der Waals surface area contributed by atoms with Gasteiger partial charge < -0.3 is 5.11 Å². The van der Waals surface area contributed by atoms with Crippen LogP contribution in [0.4, 0.5) is 0 Å². The van der Waals surface area contributed by atoms with Crippen molar-refractivity contribution in [2.24, 2.45) is 0 Å². The predicted octanol–water partition coefficient (Wildman–Crippen LogP) is 3.73. The van der Waals surface area contributed by atoms with E-state index in [-0.39, 0.29) is 4.83 Å². The molecule has 0 heterocycles. The summed E-state index contributed by atoms with van der Waals surface area (Å²) in [6.45, 7) is 0. The first-order valence-corrected chi connectivity index (χ1v) is 6.42. The van der Waals surface area contributed by atoms with E-state index in [1.807, 2.05) is 24.3 Å². The van der Waals surface area contributed by atoms with Gasteiger partial charge in [0.15, 0.2) is 0 Å². The summed E-state index contributed by atoms with van der Waals surface area (Å²) in [7, 11) is 0. The van der Waals surface area contributed by atoms with Crippen molar-refractivity contribution in [3.05, 3.63) is 34.3 Å². The van der Waals surface area contributed by atoms with E-state index in [1.165, 1.54) is 0 Å². The molecule has 0 fully saturated rings. The van der Waals surface area contributed by atoms with Crippen LogP contribution in [0.2, 0.25) is 0 Å². The average molecular weight is 387 g/mol. The molecule has 2 unspecified atom stereocenters. The molecular formula is C9H7Br3O2. The second-order valence-corrected chi connectivity index (χ2v) is 5.49. The molecule has 0 spiro atoms. The van der Waals surface area contributed by atoms with Crippen LogP contribution in [0.5, 0.6) is 0 Å². The van der Waals surface area contributed by atoms with Crippen molar-refractivity contribution in [1.82, 2.24) is 0 Å². The van der Waals surface area contributed by atoms with E-state index >= 15 is 0 Å². The summed E-state index contributed by atoms with van der Waals surface area (Å²) in [5.74, 6) is -0.886. The standard InChI is InChI=1S/C9H7Br3O2/c10-6-4-2-1-3-5(6)7(11)8(12)9(13)14/h1-4,7-8H,(H,13,14). The van der Waals surface area contributed by atoms with Gasteiger partial charge in [0.05, 0.1) is 4.83 Å². The number of benzene rings is 1. The van der Waals surface area contributed by atoms with Crippen molar-refractivity contribution >= 4 is 53.8 Å². The van der Waals surface area contributed by atoms with Gasteiger partial charge in [-0.3, -0.25) is 4.79 Å². The second-order valence-electron chi connectivity index (χ2n) is 2.66. The number of rotatable bonds is 3. The third kappa shape index (κ3) is 2.81. The molecule has 0 radical (unpaired) electrons. The number of alkyl halides is 2.